The summed E-state index contributed by atoms with van der Waals surface area (Å²) in [7, 11) is 0. The number of carbonyl (C=O) groups is 1. The van der Waals surface area contributed by atoms with Crippen LogP contribution in [0.5, 0.6) is 5.75 Å². The number of piperidine rings is 2. The minimum absolute atomic E-state index is 0.0829. The van der Waals surface area contributed by atoms with Gasteiger partial charge in [-0.1, -0.05) is 68.7 Å². The molecule has 1 amide bonds. The molecule has 5 heteroatoms. The smallest absolute Gasteiger partial charge is 0.239 e. The van der Waals surface area contributed by atoms with Crippen molar-refractivity contribution in [3.05, 3.63) is 71.8 Å². The van der Waals surface area contributed by atoms with Crippen LogP contribution >= 0.6 is 0 Å². The predicted molar refractivity (Wildman–Crippen MR) is 167 cm³/mol. The summed E-state index contributed by atoms with van der Waals surface area (Å²) < 4.78 is 6.04. The predicted octanol–water partition coefficient (Wildman–Crippen LogP) is 7.32. The molecule has 40 heavy (non-hydrogen) atoms. The molecule has 2 aliphatic heterocycles. The van der Waals surface area contributed by atoms with Crippen LogP contribution < -0.4 is 9.64 Å². The van der Waals surface area contributed by atoms with Crippen LogP contribution in [0.25, 0.3) is 0 Å². The Hall–Kier alpha value is -2.79. The van der Waals surface area contributed by atoms with E-state index in [4.69, 9.17) is 4.74 Å². The lowest BCUT2D eigenvalue weighted by Gasteiger charge is -2.43. The highest BCUT2D eigenvalue weighted by Gasteiger charge is 2.34. The van der Waals surface area contributed by atoms with Crippen molar-refractivity contribution in [2.24, 2.45) is 5.92 Å². The van der Waals surface area contributed by atoms with Crippen molar-refractivity contribution in [2.75, 3.05) is 37.6 Å². The van der Waals surface area contributed by atoms with Gasteiger partial charge in [-0.05, 0) is 94.8 Å². The number of benzene rings is 2. The van der Waals surface area contributed by atoms with Gasteiger partial charge >= 0.3 is 0 Å². The molecule has 2 heterocycles. The Kier molecular flexibility index (Phi) is 11.5. The summed E-state index contributed by atoms with van der Waals surface area (Å²) in [4.78, 5) is 20.9. The van der Waals surface area contributed by atoms with E-state index in [2.05, 4.69) is 84.9 Å². The highest BCUT2D eigenvalue weighted by molar-refractivity contribution is 5.82. The van der Waals surface area contributed by atoms with E-state index < -0.39 is 0 Å². The fourth-order valence-corrected chi connectivity index (χ4v) is 5.96. The van der Waals surface area contributed by atoms with Crippen molar-refractivity contribution in [1.82, 2.24) is 9.80 Å². The van der Waals surface area contributed by atoms with Crippen LogP contribution in [0, 0.1) is 5.92 Å². The third-order valence-electron chi connectivity index (χ3n) is 8.83. The van der Waals surface area contributed by atoms with Gasteiger partial charge in [0.2, 0.25) is 5.91 Å². The van der Waals surface area contributed by atoms with E-state index in [0.29, 0.717) is 18.6 Å². The van der Waals surface area contributed by atoms with Crippen LogP contribution in [0.4, 0.5) is 5.69 Å². The summed E-state index contributed by atoms with van der Waals surface area (Å²) in [6.07, 6.45) is 10.2. The zero-order valence-electron chi connectivity index (χ0n) is 25.4. The molecule has 5 nitrogen and oxygen atoms in total. The van der Waals surface area contributed by atoms with Crippen LogP contribution in [0.1, 0.15) is 78.2 Å². The summed E-state index contributed by atoms with van der Waals surface area (Å²) in [6.45, 7) is 14.2. The number of anilines is 1. The molecular weight excluding hydrogens is 494 g/mol. The SMILES string of the molecule is CCC(C)CCN1CCCCC1C(=O)N1CCC(N(CC=C(C)C)c2ccc(OCc3ccccc3)cc2)CC1. The Morgan fingerprint density at radius 1 is 1.00 bits per heavy atom. The molecule has 0 aliphatic carbocycles. The van der Waals surface area contributed by atoms with E-state index in [0.717, 1.165) is 63.7 Å². The standard InChI is InChI=1S/C35H51N3O2/c1-5-29(4)19-23-36-22-10-9-13-34(36)35(39)37-24-20-32(21-25-37)38(26-18-28(2)3)31-14-16-33(17-15-31)40-27-30-11-7-6-8-12-30/h6-8,11-12,14-18,29,32,34H,5,9-10,13,19-27H2,1-4H3. The molecule has 2 unspecified atom stereocenters. The minimum atomic E-state index is 0.0829. The van der Waals surface area contributed by atoms with Gasteiger partial charge < -0.3 is 14.5 Å². The Morgan fingerprint density at radius 2 is 1.73 bits per heavy atom. The van der Waals surface area contributed by atoms with Crippen LogP contribution in [-0.4, -0.2) is 60.5 Å². The lowest BCUT2D eigenvalue weighted by molar-refractivity contribution is -0.139. The Balaban J connectivity index is 1.36. The Bertz CT molecular complexity index is 1060. The fraction of sp³-hybridized carbons (Fsp3) is 0.571. The molecule has 2 aliphatic rings. The van der Waals surface area contributed by atoms with E-state index in [1.165, 1.54) is 42.5 Å². The molecule has 2 fully saturated rings. The van der Waals surface area contributed by atoms with Crippen molar-refractivity contribution in [2.45, 2.75) is 91.3 Å². The van der Waals surface area contributed by atoms with E-state index in [-0.39, 0.29) is 6.04 Å². The average Bonchev–Trinajstić information content (AvgIpc) is 3.00. The van der Waals surface area contributed by atoms with Crippen molar-refractivity contribution in [3.8, 4) is 5.75 Å². The number of rotatable bonds is 12. The van der Waals surface area contributed by atoms with E-state index in [1.807, 2.05) is 18.2 Å². The molecule has 4 rings (SSSR count). The molecular formula is C35H51N3O2. The van der Waals surface area contributed by atoms with Crippen LogP contribution in [0.15, 0.2) is 66.2 Å². The van der Waals surface area contributed by atoms with Gasteiger partial charge in [-0.3, -0.25) is 9.69 Å². The van der Waals surface area contributed by atoms with Gasteiger partial charge in [0.1, 0.15) is 12.4 Å². The second kappa shape index (κ2) is 15.3. The van der Waals surface area contributed by atoms with Crippen LogP contribution in [0.2, 0.25) is 0 Å². The maximum absolute atomic E-state index is 13.7. The van der Waals surface area contributed by atoms with Gasteiger partial charge in [0.05, 0.1) is 6.04 Å². The summed E-state index contributed by atoms with van der Waals surface area (Å²) in [5.41, 5.74) is 3.72. The molecule has 0 spiro atoms. The van der Waals surface area contributed by atoms with Gasteiger partial charge in [-0.25, -0.2) is 0 Å². The highest BCUT2D eigenvalue weighted by atomic mass is 16.5. The molecule has 218 valence electrons. The first-order valence-corrected chi connectivity index (χ1v) is 15.6. The number of hydrogen-bond acceptors (Lipinski definition) is 4. The zero-order valence-corrected chi connectivity index (χ0v) is 25.4. The lowest BCUT2D eigenvalue weighted by atomic mass is 9.96. The topological polar surface area (TPSA) is 36.0 Å². The second-order valence-electron chi connectivity index (χ2n) is 12.1. The van der Waals surface area contributed by atoms with Gasteiger partial charge in [-0.2, -0.15) is 0 Å². The number of likely N-dealkylation sites (tertiary alicyclic amines) is 2. The van der Waals surface area contributed by atoms with E-state index in [1.54, 1.807) is 0 Å². The van der Waals surface area contributed by atoms with Crippen molar-refractivity contribution in [3.63, 3.8) is 0 Å². The van der Waals surface area contributed by atoms with Gasteiger partial charge in [-0.15, -0.1) is 0 Å². The first kappa shape index (κ1) is 30.2. The number of nitrogens with zero attached hydrogens (tertiary/aromatic N) is 3. The average molecular weight is 546 g/mol. The van der Waals surface area contributed by atoms with E-state index >= 15 is 0 Å². The molecule has 0 saturated carbocycles. The monoisotopic (exact) mass is 545 g/mol. The number of ether oxygens (including phenoxy) is 1. The largest absolute Gasteiger partial charge is 0.489 e. The molecule has 2 aromatic rings. The number of hydrogen-bond donors (Lipinski definition) is 0. The lowest BCUT2D eigenvalue weighted by Crippen LogP contribution is -2.54. The third kappa shape index (κ3) is 8.60. The summed E-state index contributed by atoms with van der Waals surface area (Å²) in [5, 5.41) is 0. The zero-order chi connectivity index (χ0) is 28.3. The quantitative estimate of drug-likeness (QED) is 0.262. The summed E-state index contributed by atoms with van der Waals surface area (Å²) >= 11 is 0. The normalized spacial score (nSPS) is 19.2. The first-order chi connectivity index (χ1) is 19.4. The maximum atomic E-state index is 13.7. The van der Waals surface area contributed by atoms with Crippen LogP contribution in [-0.2, 0) is 11.4 Å². The number of carbonyl (C=O) groups excluding carboxylic acids is 1. The van der Waals surface area contributed by atoms with Crippen molar-refractivity contribution in [1.29, 1.82) is 0 Å². The summed E-state index contributed by atoms with van der Waals surface area (Å²) in [6, 6.07) is 19.3. The summed E-state index contributed by atoms with van der Waals surface area (Å²) in [5.74, 6) is 1.99. The van der Waals surface area contributed by atoms with Crippen molar-refractivity contribution < 1.29 is 9.53 Å². The third-order valence-corrected chi connectivity index (χ3v) is 8.83. The molecule has 0 aromatic heterocycles. The van der Waals surface area contributed by atoms with E-state index in [9.17, 15) is 4.79 Å². The Labute approximate surface area is 243 Å². The number of amides is 1. The molecule has 2 atom stereocenters. The minimum Gasteiger partial charge on any atom is -0.489 e. The molecule has 0 bridgehead atoms. The first-order valence-electron chi connectivity index (χ1n) is 15.6. The maximum Gasteiger partial charge on any atom is 0.239 e. The highest BCUT2D eigenvalue weighted by Crippen LogP contribution is 2.28. The molecule has 2 saturated heterocycles. The molecule has 2 aromatic carbocycles. The molecule has 0 radical (unpaired) electrons. The molecule has 0 N–H and O–H groups in total. The van der Waals surface area contributed by atoms with Gasteiger partial charge in [0, 0.05) is 31.4 Å². The number of allylic oxidation sites excluding steroid dienone is 1. The fourth-order valence-electron chi connectivity index (χ4n) is 5.96. The van der Waals surface area contributed by atoms with Gasteiger partial charge in [0.15, 0.2) is 0 Å². The van der Waals surface area contributed by atoms with Crippen LogP contribution in [0.3, 0.4) is 0 Å². The second-order valence-corrected chi connectivity index (χ2v) is 12.1. The van der Waals surface area contributed by atoms with Crippen molar-refractivity contribution >= 4 is 11.6 Å². The Morgan fingerprint density at radius 3 is 2.40 bits per heavy atom. The van der Waals surface area contributed by atoms with Gasteiger partial charge in [0.25, 0.3) is 0 Å².